The highest BCUT2D eigenvalue weighted by Gasteiger charge is 2.23. The zero-order valence-corrected chi connectivity index (χ0v) is 9.71. The number of hydrogen-bond donors (Lipinski definition) is 2. The SMILES string of the molecule is CCOC(=O)c1nn(C(CC)C(=O)O)cc1N. The summed E-state index contributed by atoms with van der Waals surface area (Å²) in [6.07, 6.45) is 1.67. The number of carboxylic acids is 1. The Morgan fingerprint density at radius 3 is 2.71 bits per heavy atom. The maximum atomic E-state index is 11.4. The van der Waals surface area contributed by atoms with Crippen LogP contribution in [0.15, 0.2) is 6.20 Å². The van der Waals surface area contributed by atoms with E-state index >= 15 is 0 Å². The fourth-order valence-electron chi connectivity index (χ4n) is 1.40. The summed E-state index contributed by atoms with van der Waals surface area (Å²) in [6, 6.07) is -0.833. The van der Waals surface area contributed by atoms with Gasteiger partial charge in [0, 0.05) is 6.20 Å². The third-order valence-corrected chi connectivity index (χ3v) is 2.22. The van der Waals surface area contributed by atoms with Gasteiger partial charge in [-0.05, 0) is 13.3 Å². The molecule has 0 fully saturated rings. The molecular formula is C10H15N3O4. The van der Waals surface area contributed by atoms with Crippen LogP contribution in [0.1, 0.15) is 36.8 Å². The lowest BCUT2D eigenvalue weighted by Gasteiger charge is -2.09. The molecule has 17 heavy (non-hydrogen) atoms. The molecule has 0 aliphatic rings. The van der Waals surface area contributed by atoms with Gasteiger partial charge in [-0.1, -0.05) is 6.92 Å². The minimum Gasteiger partial charge on any atom is -0.480 e. The number of rotatable bonds is 5. The average molecular weight is 241 g/mol. The van der Waals surface area contributed by atoms with Gasteiger partial charge in [-0.2, -0.15) is 5.10 Å². The Balaban J connectivity index is 3.02. The molecule has 0 saturated carbocycles. The van der Waals surface area contributed by atoms with E-state index in [0.29, 0.717) is 6.42 Å². The highest BCUT2D eigenvalue weighted by atomic mass is 16.5. The molecule has 0 bridgehead atoms. The van der Waals surface area contributed by atoms with Crippen molar-refractivity contribution in [3.8, 4) is 0 Å². The number of nitrogen functional groups attached to an aromatic ring is 1. The molecule has 3 N–H and O–H groups in total. The molecule has 1 heterocycles. The second-order valence-electron chi connectivity index (χ2n) is 3.40. The van der Waals surface area contributed by atoms with Gasteiger partial charge < -0.3 is 15.6 Å². The Kier molecular flexibility index (Phi) is 4.08. The summed E-state index contributed by atoms with van der Waals surface area (Å²) >= 11 is 0. The van der Waals surface area contributed by atoms with Crippen molar-refractivity contribution in [3.63, 3.8) is 0 Å². The fraction of sp³-hybridized carbons (Fsp3) is 0.500. The first-order valence-electron chi connectivity index (χ1n) is 5.25. The normalized spacial score (nSPS) is 12.1. The van der Waals surface area contributed by atoms with Gasteiger partial charge in [0.15, 0.2) is 5.69 Å². The molecule has 0 saturated heterocycles. The molecule has 1 aromatic heterocycles. The molecule has 0 aliphatic carbocycles. The van der Waals surface area contributed by atoms with Gasteiger partial charge in [-0.25, -0.2) is 9.59 Å². The van der Waals surface area contributed by atoms with E-state index in [1.807, 2.05) is 0 Å². The van der Waals surface area contributed by atoms with E-state index in [9.17, 15) is 9.59 Å². The summed E-state index contributed by atoms with van der Waals surface area (Å²) in [4.78, 5) is 22.4. The van der Waals surface area contributed by atoms with Gasteiger partial charge in [-0.3, -0.25) is 4.68 Å². The molecular weight excluding hydrogens is 226 g/mol. The highest BCUT2D eigenvalue weighted by Crippen LogP contribution is 2.17. The van der Waals surface area contributed by atoms with Gasteiger partial charge in [-0.15, -0.1) is 0 Å². The molecule has 1 atom stereocenters. The Morgan fingerprint density at radius 2 is 2.24 bits per heavy atom. The van der Waals surface area contributed by atoms with Crippen molar-refractivity contribution in [2.75, 3.05) is 12.3 Å². The van der Waals surface area contributed by atoms with Crippen LogP contribution < -0.4 is 5.73 Å². The molecule has 0 spiro atoms. The van der Waals surface area contributed by atoms with Crippen molar-refractivity contribution in [1.82, 2.24) is 9.78 Å². The van der Waals surface area contributed by atoms with Crippen LogP contribution in [0.5, 0.6) is 0 Å². The number of nitrogens with zero attached hydrogens (tertiary/aromatic N) is 2. The van der Waals surface area contributed by atoms with Gasteiger partial charge in [0.05, 0.1) is 12.3 Å². The van der Waals surface area contributed by atoms with E-state index in [1.165, 1.54) is 10.9 Å². The fourth-order valence-corrected chi connectivity index (χ4v) is 1.40. The molecule has 1 rings (SSSR count). The summed E-state index contributed by atoms with van der Waals surface area (Å²) in [6.45, 7) is 3.58. The Bertz CT molecular complexity index is 427. The highest BCUT2D eigenvalue weighted by molar-refractivity contribution is 5.92. The predicted molar refractivity (Wildman–Crippen MR) is 59.6 cm³/mol. The monoisotopic (exact) mass is 241 g/mol. The molecule has 1 unspecified atom stereocenters. The molecule has 0 amide bonds. The topological polar surface area (TPSA) is 107 Å². The number of hydrogen-bond acceptors (Lipinski definition) is 5. The number of aliphatic carboxylic acids is 1. The van der Waals surface area contributed by atoms with Crippen molar-refractivity contribution in [1.29, 1.82) is 0 Å². The van der Waals surface area contributed by atoms with Crippen molar-refractivity contribution in [3.05, 3.63) is 11.9 Å². The van der Waals surface area contributed by atoms with Crippen molar-refractivity contribution in [2.24, 2.45) is 0 Å². The Hall–Kier alpha value is -2.05. The van der Waals surface area contributed by atoms with Crippen LogP contribution in [0, 0.1) is 0 Å². The first kappa shape index (κ1) is 13.0. The molecule has 0 aromatic carbocycles. The van der Waals surface area contributed by atoms with Crippen LogP contribution >= 0.6 is 0 Å². The second-order valence-corrected chi connectivity index (χ2v) is 3.40. The number of ether oxygens (including phenoxy) is 1. The van der Waals surface area contributed by atoms with E-state index in [-0.39, 0.29) is 18.0 Å². The zero-order valence-electron chi connectivity index (χ0n) is 9.71. The van der Waals surface area contributed by atoms with E-state index in [2.05, 4.69) is 5.10 Å². The standard InChI is InChI=1S/C10H15N3O4/c1-3-7(9(14)15)13-5-6(11)8(12-13)10(16)17-4-2/h5,7H,3-4,11H2,1-2H3,(H,14,15). The van der Waals surface area contributed by atoms with Gasteiger partial charge in [0.2, 0.25) is 0 Å². The minimum atomic E-state index is -1.02. The van der Waals surface area contributed by atoms with Crippen LogP contribution in [-0.4, -0.2) is 33.4 Å². The minimum absolute atomic E-state index is 0.0495. The van der Waals surface area contributed by atoms with Gasteiger partial charge in [0.25, 0.3) is 0 Å². The number of esters is 1. The van der Waals surface area contributed by atoms with Gasteiger partial charge in [0.1, 0.15) is 6.04 Å². The largest absolute Gasteiger partial charge is 0.480 e. The molecule has 94 valence electrons. The molecule has 1 aromatic rings. The zero-order chi connectivity index (χ0) is 13.0. The van der Waals surface area contributed by atoms with Crippen LogP contribution in [0.2, 0.25) is 0 Å². The summed E-state index contributed by atoms with van der Waals surface area (Å²) in [7, 11) is 0. The predicted octanol–water partition coefficient (Wildman–Crippen LogP) is 0.678. The third kappa shape index (κ3) is 2.74. The summed E-state index contributed by atoms with van der Waals surface area (Å²) in [5, 5.41) is 12.8. The van der Waals surface area contributed by atoms with Gasteiger partial charge >= 0.3 is 11.9 Å². The van der Waals surface area contributed by atoms with Crippen molar-refractivity contribution in [2.45, 2.75) is 26.3 Å². The molecule has 7 heteroatoms. The summed E-state index contributed by atoms with van der Waals surface area (Å²) in [5.41, 5.74) is 5.65. The van der Waals surface area contributed by atoms with Crippen LogP contribution in [-0.2, 0) is 9.53 Å². The van der Waals surface area contributed by atoms with Crippen LogP contribution in [0.3, 0.4) is 0 Å². The van der Waals surface area contributed by atoms with Crippen molar-refractivity contribution < 1.29 is 19.4 Å². The lowest BCUT2D eigenvalue weighted by molar-refractivity contribution is -0.141. The number of carbonyl (C=O) groups is 2. The summed E-state index contributed by atoms with van der Waals surface area (Å²) < 4.78 is 5.92. The Labute approximate surface area is 98.2 Å². The molecule has 0 aliphatic heterocycles. The number of aromatic nitrogens is 2. The number of nitrogens with two attached hydrogens (primary N) is 1. The first-order valence-corrected chi connectivity index (χ1v) is 5.25. The maximum Gasteiger partial charge on any atom is 0.361 e. The Morgan fingerprint density at radius 1 is 1.59 bits per heavy atom. The van der Waals surface area contributed by atoms with Crippen LogP contribution in [0.25, 0.3) is 0 Å². The lowest BCUT2D eigenvalue weighted by atomic mass is 10.2. The third-order valence-electron chi connectivity index (χ3n) is 2.22. The lowest BCUT2D eigenvalue weighted by Crippen LogP contribution is -2.19. The van der Waals surface area contributed by atoms with Crippen LogP contribution in [0.4, 0.5) is 5.69 Å². The number of anilines is 1. The van der Waals surface area contributed by atoms with E-state index < -0.39 is 18.0 Å². The molecule has 7 nitrogen and oxygen atoms in total. The average Bonchev–Trinajstić information content (AvgIpc) is 2.61. The quantitative estimate of drug-likeness (QED) is 0.734. The number of carboxylic acid groups (broad SMARTS) is 1. The first-order chi connectivity index (χ1) is 8.01. The maximum absolute atomic E-state index is 11.4. The van der Waals surface area contributed by atoms with E-state index in [4.69, 9.17) is 15.6 Å². The summed E-state index contributed by atoms with van der Waals surface area (Å²) in [5.74, 6) is -1.67. The smallest absolute Gasteiger partial charge is 0.361 e. The van der Waals surface area contributed by atoms with E-state index in [1.54, 1.807) is 13.8 Å². The second kappa shape index (κ2) is 5.33. The number of carbonyl (C=O) groups excluding carboxylic acids is 1. The molecule has 0 radical (unpaired) electrons. The van der Waals surface area contributed by atoms with E-state index in [0.717, 1.165) is 0 Å². The van der Waals surface area contributed by atoms with Crippen molar-refractivity contribution >= 4 is 17.6 Å².